The number of hydrogen-bond acceptors (Lipinski definition) is 5. The van der Waals surface area contributed by atoms with Crippen molar-refractivity contribution in [3.05, 3.63) is 34.1 Å². The van der Waals surface area contributed by atoms with E-state index in [9.17, 15) is 10.1 Å². The van der Waals surface area contributed by atoms with Crippen molar-refractivity contribution in [1.82, 2.24) is 5.16 Å². The highest BCUT2D eigenvalue weighted by Crippen LogP contribution is 2.27. The van der Waals surface area contributed by atoms with Gasteiger partial charge in [-0.25, -0.2) is 0 Å². The maximum absolute atomic E-state index is 10.4. The molecule has 0 amide bonds. The average molecular weight is 208 g/mol. The van der Waals surface area contributed by atoms with Gasteiger partial charge in [-0.1, -0.05) is 12.1 Å². The van der Waals surface area contributed by atoms with Crippen LogP contribution in [0.4, 0.5) is 5.88 Å². The zero-order chi connectivity index (χ0) is 10.8. The maximum Gasteiger partial charge on any atom is 0.433 e. The molecule has 0 saturated heterocycles. The predicted octanol–water partition coefficient (Wildman–Crippen LogP) is 2.41. The first-order chi connectivity index (χ1) is 7.22. The van der Waals surface area contributed by atoms with E-state index in [0.29, 0.717) is 11.5 Å². The van der Waals surface area contributed by atoms with Crippen molar-refractivity contribution in [2.75, 3.05) is 0 Å². The largest absolute Gasteiger partial charge is 0.433 e. The highest BCUT2D eigenvalue weighted by Gasteiger charge is 2.17. The Labute approximate surface area is 84.6 Å². The third-order valence-corrected chi connectivity index (χ3v) is 2.03. The summed E-state index contributed by atoms with van der Waals surface area (Å²) in [6.07, 6.45) is 2.23. The molecule has 6 heteroatoms. The molecule has 2 rings (SSSR count). The fraction of sp³-hybridized carbons (Fsp3) is 0.222. The van der Waals surface area contributed by atoms with Gasteiger partial charge in [-0.15, -0.1) is 0 Å². The molecule has 0 spiro atoms. The number of hydrogen-bond donors (Lipinski definition) is 0. The van der Waals surface area contributed by atoms with E-state index < -0.39 is 4.92 Å². The lowest BCUT2D eigenvalue weighted by molar-refractivity contribution is -0.401. The average Bonchev–Trinajstić information content (AvgIpc) is 2.85. The summed E-state index contributed by atoms with van der Waals surface area (Å²) in [6, 6.07) is 2.80. The molecular weight excluding hydrogens is 200 g/mol. The van der Waals surface area contributed by atoms with E-state index in [4.69, 9.17) is 8.94 Å². The van der Waals surface area contributed by atoms with E-state index in [1.807, 2.05) is 6.92 Å². The third-order valence-electron chi connectivity index (χ3n) is 2.03. The highest BCUT2D eigenvalue weighted by molar-refractivity contribution is 5.57. The van der Waals surface area contributed by atoms with Gasteiger partial charge in [0.1, 0.15) is 11.2 Å². The van der Waals surface area contributed by atoms with E-state index in [2.05, 4.69) is 5.16 Å². The third kappa shape index (κ3) is 1.61. The predicted molar refractivity (Wildman–Crippen MR) is 50.2 cm³/mol. The molecule has 0 atom stereocenters. The second-order valence-electron chi connectivity index (χ2n) is 2.94. The number of nitro groups is 1. The molecule has 0 aliphatic heterocycles. The summed E-state index contributed by atoms with van der Waals surface area (Å²) in [5, 5.41) is 14.1. The smallest absolute Gasteiger partial charge is 0.399 e. The second-order valence-corrected chi connectivity index (χ2v) is 2.94. The Morgan fingerprint density at radius 3 is 2.93 bits per heavy atom. The summed E-state index contributed by atoms with van der Waals surface area (Å²) in [5.41, 5.74) is 1.38. The summed E-state index contributed by atoms with van der Waals surface area (Å²) in [6.45, 7) is 1.94. The molecule has 0 radical (unpaired) electrons. The van der Waals surface area contributed by atoms with Gasteiger partial charge in [0.2, 0.25) is 0 Å². The quantitative estimate of drug-likeness (QED) is 0.571. The van der Waals surface area contributed by atoms with Crippen LogP contribution in [0, 0.1) is 10.1 Å². The Kier molecular flexibility index (Phi) is 2.24. The van der Waals surface area contributed by atoms with Crippen LogP contribution in [0.3, 0.4) is 0 Å². The Morgan fingerprint density at radius 1 is 1.53 bits per heavy atom. The summed E-state index contributed by atoms with van der Waals surface area (Å²) >= 11 is 0. The molecule has 78 valence electrons. The van der Waals surface area contributed by atoms with E-state index >= 15 is 0 Å². The first-order valence-electron chi connectivity index (χ1n) is 4.40. The van der Waals surface area contributed by atoms with Crippen LogP contribution in [-0.4, -0.2) is 10.1 Å². The summed E-state index contributed by atoms with van der Waals surface area (Å²) in [5.74, 6) is 0.0577. The Morgan fingerprint density at radius 2 is 2.33 bits per heavy atom. The summed E-state index contributed by atoms with van der Waals surface area (Å²) in [4.78, 5) is 9.82. The fourth-order valence-corrected chi connectivity index (χ4v) is 1.26. The van der Waals surface area contributed by atoms with Crippen LogP contribution >= 0.6 is 0 Å². The second kappa shape index (κ2) is 3.56. The molecule has 2 heterocycles. The number of rotatable bonds is 3. The minimum atomic E-state index is -0.588. The normalized spacial score (nSPS) is 10.5. The van der Waals surface area contributed by atoms with Gasteiger partial charge in [-0.3, -0.25) is 10.1 Å². The molecule has 0 bridgehead atoms. The first-order valence-corrected chi connectivity index (χ1v) is 4.40. The topological polar surface area (TPSA) is 82.3 Å². The van der Waals surface area contributed by atoms with Crippen molar-refractivity contribution >= 4 is 5.88 Å². The lowest BCUT2D eigenvalue weighted by Crippen LogP contribution is -1.84. The maximum atomic E-state index is 10.4. The van der Waals surface area contributed by atoms with Crippen molar-refractivity contribution in [1.29, 1.82) is 0 Å². The van der Waals surface area contributed by atoms with Gasteiger partial charge in [-0.2, -0.15) is 0 Å². The number of aromatic nitrogens is 1. The first kappa shape index (κ1) is 9.45. The molecule has 0 aliphatic rings. The zero-order valence-corrected chi connectivity index (χ0v) is 7.97. The Hall–Kier alpha value is -2.11. The van der Waals surface area contributed by atoms with Crippen molar-refractivity contribution in [3.8, 4) is 11.5 Å². The molecule has 0 unspecified atom stereocenters. The number of furan rings is 1. The lowest BCUT2D eigenvalue weighted by atomic mass is 10.2. The fourth-order valence-electron chi connectivity index (χ4n) is 1.26. The minimum Gasteiger partial charge on any atom is -0.399 e. The van der Waals surface area contributed by atoms with Gasteiger partial charge in [0, 0.05) is 5.56 Å². The minimum absolute atomic E-state index is 0.296. The number of aryl methyl sites for hydroxylation is 1. The van der Waals surface area contributed by atoms with Gasteiger partial charge in [-0.05, 0) is 12.5 Å². The van der Waals surface area contributed by atoms with Gasteiger partial charge in [0.15, 0.2) is 11.5 Å². The highest BCUT2D eigenvalue weighted by atomic mass is 16.6. The Balaban J connectivity index is 2.41. The molecule has 0 fully saturated rings. The molecule has 15 heavy (non-hydrogen) atoms. The van der Waals surface area contributed by atoms with Crippen molar-refractivity contribution in [3.63, 3.8) is 0 Å². The van der Waals surface area contributed by atoms with Crippen molar-refractivity contribution in [2.45, 2.75) is 13.3 Å². The monoisotopic (exact) mass is 208 g/mol. The molecule has 6 nitrogen and oxygen atoms in total. The molecule has 2 aromatic rings. The summed E-state index contributed by atoms with van der Waals surface area (Å²) < 4.78 is 9.79. The van der Waals surface area contributed by atoms with Gasteiger partial charge in [0.05, 0.1) is 6.07 Å². The van der Waals surface area contributed by atoms with Crippen molar-refractivity contribution < 1.29 is 13.9 Å². The van der Waals surface area contributed by atoms with Crippen LogP contribution in [-0.2, 0) is 6.42 Å². The van der Waals surface area contributed by atoms with Crippen molar-refractivity contribution in [2.24, 2.45) is 0 Å². The van der Waals surface area contributed by atoms with E-state index in [1.54, 1.807) is 0 Å². The lowest BCUT2D eigenvalue weighted by Gasteiger charge is -1.91. The molecule has 0 aromatic carbocycles. The molecule has 2 aromatic heterocycles. The standard InChI is InChI=1S/C9H8N2O4/c1-2-6-5-14-10-9(6)7-3-4-8(15-7)11(12)13/h3-5H,2H2,1H3. The summed E-state index contributed by atoms with van der Waals surface area (Å²) in [7, 11) is 0. The van der Waals surface area contributed by atoms with E-state index in [0.717, 1.165) is 12.0 Å². The van der Waals surface area contributed by atoms with E-state index in [1.165, 1.54) is 18.4 Å². The van der Waals surface area contributed by atoms with Gasteiger partial charge >= 0.3 is 5.88 Å². The molecule has 0 aliphatic carbocycles. The van der Waals surface area contributed by atoms with Crippen LogP contribution < -0.4 is 0 Å². The molecular formula is C9H8N2O4. The Bertz CT molecular complexity index is 486. The SMILES string of the molecule is CCc1conc1-c1ccc([N+](=O)[O-])o1. The van der Waals surface area contributed by atoms with Crippen LogP contribution in [0.15, 0.2) is 27.3 Å². The van der Waals surface area contributed by atoms with E-state index in [-0.39, 0.29) is 5.88 Å². The van der Waals surface area contributed by atoms with Crippen LogP contribution in [0.2, 0.25) is 0 Å². The molecule has 0 N–H and O–H groups in total. The zero-order valence-electron chi connectivity index (χ0n) is 7.97. The van der Waals surface area contributed by atoms with Gasteiger partial charge < -0.3 is 8.94 Å². The molecule has 0 saturated carbocycles. The van der Waals surface area contributed by atoms with Gasteiger partial charge in [0.25, 0.3) is 0 Å². The van der Waals surface area contributed by atoms with Crippen LogP contribution in [0.1, 0.15) is 12.5 Å². The number of nitrogens with zero attached hydrogens (tertiary/aromatic N) is 2. The van der Waals surface area contributed by atoms with Crippen LogP contribution in [0.5, 0.6) is 0 Å². The van der Waals surface area contributed by atoms with Crippen LogP contribution in [0.25, 0.3) is 11.5 Å².